The maximum atomic E-state index is 14.2. The van der Waals surface area contributed by atoms with Crippen molar-refractivity contribution in [1.29, 1.82) is 0 Å². The number of benzene rings is 1. The highest BCUT2D eigenvalue weighted by Crippen LogP contribution is 2.27. The fourth-order valence-corrected chi connectivity index (χ4v) is 4.37. The summed E-state index contributed by atoms with van der Waals surface area (Å²) >= 11 is 1.54. The zero-order chi connectivity index (χ0) is 19.6. The molecule has 0 aliphatic rings. The van der Waals surface area contributed by atoms with E-state index in [9.17, 15) is 9.18 Å². The predicted octanol–water partition coefficient (Wildman–Crippen LogP) is 4.15. The summed E-state index contributed by atoms with van der Waals surface area (Å²) in [6, 6.07) is 6.70. The zero-order valence-electron chi connectivity index (χ0n) is 16.4. The minimum absolute atomic E-state index is 0.0136. The van der Waals surface area contributed by atoms with E-state index in [1.165, 1.54) is 17.4 Å². The number of hydrogen-bond acceptors (Lipinski definition) is 4. The number of aryl methyl sites for hydroxylation is 2. The van der Waals surface area contributed by atoms with Crippen molar-refractivity contribution in [3.05, 3.63) is 62.3 Å². The minimum Gasteiger partial charge on any atom is -0.302 e. The first kappa shape index (κ1) is 19.7. The summed E-state index contributed by atoms with van der Waals surface area (Å²) in [6.45, 7) is 11.4. The van der Waals surface area contributed by atoms with Crippen LogP contribution in [-0.4, -0.2) is 34.1 Å². The molecule has 0 saturated carbocycles. The van der Waals surface area contributed by atoms with Crippen LogP contribution in [0.25, 0.3) is 10.2 Å². The molecule has 0 atom stereocenters. The van der Waals surface area contributed by atoms with Gasteiger partial charge in [0.1, 0.15) is 16.5 Å². The van der Waals surface area contributed by atoms with E-state index in [0.717, 1.165) is 34.9 Å². The molecule has 0 amide bonds. The average Bonchev–Trinajstić information content (AvgIpc) is 2.94. The van der Waals surface area contributed by atoms with Crippen molar-refractivity contribution in [2.24, 2.45) is 0 Å². The van der Waals surface area contributed by atoms with Gasteiger partial charge in [0.2, 0.25) is 0 Å². The van der Waals surface area contributed by atoms with E-state index in [4.69, 9.17) is 4.98 Å². The number of hydrogen-bond donors (Lipinski definition) is 0. The standard InChI is InChI=1S/C21H26FN3OS/c1-5-24(6-2)11-12-25-18(13-16-9-7-8-10-17(16)22)23-20-19(21(25)26)14(3)15(4)27-20/h7-10H,5-6,11-13H2,1-4H3. The van der Waals surface area contributed by atoms with Crippen molar-refractivity contribution >= 4 is 21.6 Å². The van der Waals surface area contributed by atoms with Crippen LogP contribution in [0.5, 0.6) is 0 Å². The molecule has 0 radical (unpaired) electrons. The Kier molecular flexibility index (Phi) is 6.07. The quantitative estimate of drug-likeness (QED) is 0.611. The first-order valence-electron chi connectivity index (χ1n) is 9.41. The number of rotatable bonds is 7. The number of aromatic nitrogens is 2. The van der Waals surface area contributed by atoms with Crippen LogP contribution in [0.4, 0.5) is 4.39 Å². The first-order valence-corrected chi connectivity index (χ1v) is 10.2. The topological polar surface area (TPSA) is 38.1 Å². The Hall–Kier alpha value is -2.05. The highest BCUT2D eigenvalue weighted by Gasteiger charge is 2.18. The summed E-state index contributed by atoms with van der Waals surface area (Å²) in [6.07, 6.45) is 0.312. The maximum Gasteiger partial charge on any atom is 0.262 e. The molecule has 0 saturated heterocycles. The molecule has 27 heavy (non-hydrogen) atoms. The van der Waals surface area contributed by atoms with Crippen LogP contribution in [0.2, 0.25) is 0 Å². The average molecular weight is 388 g/mol. The SMILES string of the molecule is CCN(CC)CCn1c(Cc2ccccc2F)nc2sc(C)c(C)c2c1=O. The Morgan fingerprint density at radius 2 is 1.89 bits per heavy atom. The minimum atomic E-state index is -0.263. The monoisotopic (exact) mass is 387 g/mol. The Balaban J connectivity index is 2.10. The molecule has 0 fully saturated rings. The van der Waals surface area contributed by atoms with Crippen LogP contribution in [0.1, 0.15) is 35.7 Å². The summed E-state index contributed by atoms with van der Waals surface area (Å²) in [7, 11) is 0. The van der Waals surface area contributed by atoms with Crippen LogP contribution in [-0.2, 0) is 13.0 Å². The lowest BCUT2D eigenvalue weighted by Crippen LogP contribution is -2.33. The van der Waals surface area contributed by atoms with E-state index in [1.807, 2.05) is 19.9 Å². The lowest BCUT2D eigenvalue weighted by molar-refractivity contribution is 0.287. The summed E-state index contributed by atoms with van der Waals surface area (Å²) < 4.78 is 15.9. The van der Waals surface area contributed by atoms with Crippen molar-refractivity contribution in [3.63, 3.8) is 0 Å². The fourth-order valence-electron chi connectivity index (χ4n) is 3.33. The number of halogens is 1. The van der Waals surface area contributed by atoms with Crippen molar-refractivity contribution in [2.75, 3.05) is 19.6 Å². The molecule has 0 aliphatic carbocycles. The van der Waals surface area contributed by atoms with Crippen molar-refractivity contribution in [3.8, 4) is 0 Å². The van der Waals surface area contributed by atoms with E-state index >= 15 is 0 Å². The predicted molar refractivity (Wildman–Crippen MR) is 110 cm³/mol. The van der Waals surface area contributed by atoms with Crippen LogP contribution in [0.15, 0.2) is 29.1 Å². The lowest BCUT2D eigenvalue weighted by Gasteiger charge is -2.20. The summed E-state index contributed by atoms with van der Waals surface area (Å²) in [5.41, 5.74) is 1.55. The summed E-state index contributed by atoms with van der Waals surface area (Å²) in [5.74, 6) is 0.367. The van der Waals surface area contributed by atoms with Gasteiger partial charge in [0.25, 0.3) is 5.56 Å². The molecule has 144 valence electrons. The Labute approximate surface area is 163 Å². The van der Waals surface area contributed by atoms with Crippen LogP contribution < -0.4 is 5.56 Å². The highest BCUT2D eigenvalue weighted by molar-refractivity contribution is 7.18. The molecule has 2 heterocycles. The van der Waals surface area contributed by atoms with Gasteiger partial charge in [-0.2, -0.15) is 0 Å². The van der Waals surface area contributed by atoms with E-state index in [1.54, 1.807) is 16.7 Å². The number of likely N-dealkylation sites (N-methyl/N-ethyl adjacent to an activating group) is 1. The van der Waals surface area contributed by atoms with Crippen LogP contribution >= 0.6 is 11.3 Å². The highest BCUT2D eigenvalue weighted by atomic mass is 32.1. The van der Waals surface area contributed by atoms with Gasteiger partial charge >= 0.3 is 0 Å². The first-order chi connectivity index (χ1) is 13.0. The van der Waals surface area contributed by atoms with Gasteiger partial charge in [-0.3, -0.25) is 9.36 Å². The molecule has 4 nitrogen and oxygen atoms in total. The Morgan fingerprint density at radius 1 is 1.19 bits per heavy atom. The van der Waals surface area contributed by atoms with Crippen molar-refractivity contribution in [2.45, 2.75) is 40.7 Å². The zero-order valence-corrected chi connectivity index (χ0v) is 17.2. The lowest BCUT2D eigenvalue weighted by atomic mass is 10.1. The molecule has 0 bridgehead atoms. The second-order valence-corrected chi connectivity index (χ2v) is 7.95. The summed E-state index contributed by atoms with van der Waals surface area (Å²) in [4.78, 5) is 22.2. The molecule has 3 rings (SSSR count). The maximum absolute atomic E-state index is 14.2. The molecular formula is C21H26FN3OS. The molecule has 0 spiro atoms. The van der Waals surface area contributed by atoms with Crippen molar-refractivity contribution in [1.82, 2.24) is 14.5 Å². The number of fused-ring (bicyclic) bond motifs is 1. The van der Waals surface area contributed by atoms with E-state index in [-0.39, 0.29) is 11.4 Å². The van der Waals surface area contributed by atoms with Gasteiger partial charge in [-0.15, -0.1) is 11.3 Å². The third-order valence-electron chi connectivity index (χ3n) is 5.21. The van der Waals surface area contributed by atoms with Crippen LogP contribution in [0, 0.1) is 19.7 Å². The van der Waals surface area contributed by atoms with Gasteiger partial charge in [0.05, 0.1) is 5.39 Å². The van der Waals surface area contributed by atoms with Gasteiger partial charge in [0.15, 0.2) is 0 Å². The Morgan fingerprint density at radius 3 is 2.56 bits per heavy atom. The molecule has 1 aromatic carbocycles. The number of thiophene rings is 1. The largest absolute Gasteiger partial charge is 0.302 e. The normalized spacial score (nSPS) is 11.6. The van der Waals surface area contributed by atoms with E-state index in [2.05, 4.69) is 18.7 Å². The molecule has 6 heteroatoms. The smallest absolute Gasteiger partial charge is 0.262 e. The molecular weight excluding hydrogens is 361 g/mol. The molecule has 0 aliphatic heterocycles. The third kappa shape index (κ3) is 3.96. The van der Waals surface area contributed by atoms with Crippen molar-refractivity contribution < 1.29 is 4.39 Å². The second-order valence-electron chi connectivity index (χ2n) is 6.74. The van der Waals surface area contributed by atoms with Gasteiger partial charge in [0, 0.05) is 24.4 Å². The third-order valence-corrected chi connectivity index (χ3v) is 6.31. The van der Waals surface area contributed by atoms with Crippen LogP contribution in [0.3, 0.4) is 0 Å². The summed E-state index contributed by atoms with van der Waals surface area (Å²) in [5, 5.41) is 0.703. The molecule has 0 N–H and O–H groups in total. The molecule has 0 unspecified atom stereocenters. The number of nitrogens with zero attached hydrogens (tertiary/aromatic N) is 3. The van der Waals surface area contributed by atoms with E-state index in [0.29, 0.717) is 29.7 Å². The van der Waals surface area contributed by atoms with Gasteiger partial charge in [-0.25, -0.2) is 9.37 Å². The molecule has 2 aromatic heterocycles. The molecule has 3 aromatic rings. The van der Waals surface area contributed by atoms with Gasteiger partial charge < -0.3 is 4.90 Å². The van der Waals surface area contributed by atoms with Gasteiger partial charge in [-0.1, -0.05) is 32.0 Å². The second kappa shape index (κ2) is 8.31. The Bertz CT molecular complexity index is 1000. The van der Waals surface area contributed by atoms with E-state index < -0.39 is 0 Å². The van der Waals surface area contributed by atoms with Gasteiger partial charge in [-0.05, 0) is 44.1 Å². The fraction of sp³-hybridized carbons (Fsp3) is 0.429.